The summed E-state index contributed by atoms with van der Waals surface area (Å²) < 4.78 is 26.4. The quantitative estimate of drug-likeness (QED) is 0.733. The zero-order valence-electron chi connectivity index (χ0n) is 11.1. The zero-order valence-corrected chi connectivity index (χ0v) is 12.6. The van der Waals surface area contributed by atoms with Gasteiger partial charge in [0.1, 0.15) is 0 Å². The maximum absolute atomic E-state index is 12.1. The molecule has 0 unspecified atom stereocenters. The van der Waals surface area contributed by atoms with Gasteiger partial charge in [-0.1, -0.05) is 25.4 Å². The molecule has 0 amide bonds. The molecule has 8 heteroatoms. The third-order valence-corrected chi connectivity index (χ3v) is 4.38. The Morgan fingerprint density at radius 2 is 2.00 bits per heavy atom. The van der Waals surface area contributed by atoms with Crippen molar-refractivity contribution in [1.29, 1.82) is 0 Å². The van der Waals surface area contributed by atoms with Crippen LogP contribution in [0.3, 0.4) is 0 Å². The van der Waals surface area contributed by atoms with Crippen LogP contribution in [0, 0.1) is 5.41 Å². The van der Waals surface area contributed by atoms with Crippen LogP contribution < -0.4 is 4.72 Å². The highest BCUT2D eigenvalue weighted by Crippen LogP contribution is 2.21. The summed E-state index contributed by atoms with van der Waals surface area (Å²) in [4.78, 5) is 10.7. The van der Waals surface area contributed by atoms with Gasteiger partial charge in [-0.05, 0) is 18.2 Å². The van der Waals surface area contributed by atoms with E-state index in [1.54, 1.807) is 13.8 Å². The number of aliphatic hydroxyl groups excluding tert-OH is 1. The number of rotatable bonds is 6. The molecule has 0 radical (unpaired) electrons. The van der Waals surface area contributed by atoms with Gasteiger partial charge in [-0.3, -0.25) is 0 Å². The number of nitrogens with one attached hydrogen (secondary N) is 1. The summed E-state index contributed by atoms with van der Waals surface area (Å²) in [6, 6.07) is 3.44. The lowest BCUT2D eigenvalue weighted by molar-refractivity contribution is 0.0697. The van der Waals surface area contributed by atoms with Crippen LogP contribution >= 0.6 is 11.6 Å². The largest absolute Gasteiger partial charge is 0.478 e. The van der Waals surface area contributed by atoms with Gasteiger partial charge in [-0.25, -0.2) is 17.9 Å². The van der Waals surface area contributed by atoms with Gasteiger partial charge < -0.3 is 10.2 Å². The first kappa shape index (κ1) is 16.9. The first-order chi connectivity index (χ1) is 9.09. The topological polar surface area (TPSA) is 104 Å². The molecular formula is C12H16ClNO5S. The molecule has 0 aliphatic heterocycles. The van der Waals surface area contributed by atoms with Crippen LogP contribution in [-0.2, 0) is 10.0 Å². The number of sulfonamides is 1. The first-order valence-corrected chi connectivity index (χ1v) is 7.58. The number of halogens is 1. The van der Waals surface area contributed by atoms with E-state index in [9.17, 15) is 13.2 Å². The van der Waals surface area contributed by atoms with E-state index in [2.05, 4.69) is 4.72 Å². The minimum Gasteiger partial charge on any atom is -0.478 e. The Morgan fingerprint density at radius 3 is 2.50 bits per heavy atom. The summed E-state index contributed by atoms with van der Waals surface area (Å²) in [5, 5.41) is 18.0. The van der Waals surface area contributed by atoms with E-state index >= 15 is 0 Å². The first-order valence-electron chi connectivity index (χ1n) is 5.72. The van der Waals surface area contributed by atoms with Crippen LogP contribution in [0.15, 0.2) is 23.1 Å². The second-order valence-electron chi connectivity index (χ2n) is 5.09. The predicted octanol–water partition coefficient (Wildman–Crippen LogP) is 1.34. The highest BCUT2D eigenvalue weighted by Gasteiger charge is 2.23. The van der Waals surface area contributed by atoms with E-state index in [4.69, 9.17) is 21.8 Å². The summed E-state index contributed by atoms with van der Waals surface area (Å²) in [7, 11) is -3.86. The molecule has 0 atom stereocenters. The van der Waals surface area contributed by atoms with E-state index in [0.717, 1.165) is 6.07 Å². The van der Waals surface area contributed by atoms with Crippen molar-refractivity contribution in [3.8, 4) is 0 Å². The third kappa shape index (κ3) is 4.17. The lowest BCUT2D eigenvalue weighted by Gasteiger charge is -2.21. The molecule has 20 heavy (non-hydrogen) atoms. The second-order valence-corrected chi connectivity index (χ2v) is 7.27. The highest BCUT2D eigenvalue weighted by atomic mass is 35.5. The number of carboxylic acid groups (broad SMARTS) is 1. The van der Waals surface area contributed by atoms with E-state index in [1.165, 1.54) is 12.1 Å². The van der Waals surface area contributed by atoms with Gasteiger partial charge in [0.05, 0.1) is 15.5 Å². The number of aromatic carboxylic acids is 1. The van der Waals surface area contributed by atoms with Crippen LogP contribution in [0.5, 0.6) is 0 Å². The molecule has 1 aromatic carbocycles. The normalized spacial score (nSPS) is 12.4. The molecule has 0 aliphatic rings. The summed E-state index contributed by atoms with van der Waals surface area (Å²) in [6.07, 6.45) is 0. The van der Waals surface area contributed by atoms with E-state index < -0.39 is 21.4 Å². The Hall–Kier alpha value is -1.15. The minimum absolute atomic E-state index is 0.0247. The number of carboxylic acids is 1. The monoisotopic (exact) mass is 321 g/mol. The number of hydrogen-bond donors (Lipinski definition) is 3. The Bertz CT molecular complexity index is 612. The number of benzene rings is 1. The Morgan fingerprint density at radius 1 is 1.40 bits per heavy atom. The Labute approximate surface area is 122 Å². The molecule has 3 N–H and O–H groups in total. The molecule has 0 aliphatic carbocycles. The molecule has 0 fully saturated rings. The van der Waals surface area contributed by atoms with Gasteiger partial charge in [0.2, 0.25) is 10.0 Å². The predicted molar refractivity (Wildman–Crippen MR) is 74.5 cm³/mol. The molecule has 112 valence electrons. The molecule has 1 rings (SSSR count). The summed E-state index contributed by atoms with van der Waals surface area (Å²) >= 11 is 5.68. The molecule has 0 aromatic heterocycles. The van der Waals surface area contributed by atoms with Crippen molar-refractivity contribution in [3.63, 3.8) is 0 Å². The Balaban J connectivity index is 3.05. The van der Waals surface area contributed by atoms with Gasteiger partial charge in [0.15, 0.2) is 0 Å². The molecule has 0 spiro atoms. The smallest absolute Gasteiger partial charge is 0.337 e. The van der Waals surface area contributed by atoms with Crippen molar-refractivity contribution in [2.75, 3.05) is 13.2 Å². The standard InChI is InChI=1S/C12H16ClNO5S/c1-12(2,7-15)6-14-20(18,19)8-3-4-10(13)9(5-8)11(16)17/h3-5,14-15H,6-7H2,1-2H3,(H,16,17). The van der Waals surface area contributed by atoms with Crippen molar-refractivity contribution in [3.05, 3.63) is 28.8 Å². The van der Waals surface area contributed by atoms with Gasteiger partial charge in [0, 0.05) is 18.6 Å². The van der Waals surface area contributed by atoms with Crippen molar-refractivity contribution in [2.45, 2.75) is 18.7 Å². The minimum atomic E-state index is -3.86. The molecule has 0 bridgehead atoms. The molecule has 0 saturated carbocycles. The van der Waals surface area contributed by atoms with Crippen LogP contribution in [0.1, 0.15) is 24.2 Å². The summed E-state index contributed by atoms with van der Waals surface area (Å²) in [5.74, 6) is -1.30. The van der Waals surface area contributed by atoms with Crippen molar-refractivity contribution in [1.82, 2.24) is 4.72 Å². The lowest BCUT2D eigenvalue weighted by Crippen LogP contribution is -2.36. The van der Waals surface area contributed by atoms with Crippen LogP contribution in [-0.4, -0.2) is 37.8 Å². The van der Waals surface area contributed by atoms with Crippen LogP contribution in [0.2, 0.25) is 5.02 Å². The van der Waals surface area contributed by atoms with Gasteiger partial charge in [-0.2, -0.15) is 0 Å². The van der Waals surface area contributed by atoms with Crippen LogP contribution in [0.25, 0.3) is 0 Å². The summed E-state index contributed by atoms with van der Waals surface area (Å²) in [6.45, 7) is 3.23. The average molecular weight is 322 g/mol. The maximum atomic E-state index is 12.1. The number of carbonyl (C=O) groups is 1. The molecule has 1 aromatic rings. The number of aliphatic hydroxyl groups is 1. The fourth-order valence-electron chi connectivity index (χ4n) is 1.27. The maximum Gasteiger partial charge on any atom is 0.337 e. The SMILES string of the molecule is CC(C)(CO)CNS(=O)(=O)c1ccc(Cl)c(C(=O)O)c1. The molecule has 0 saturated heterocycles. The third-order valence-electron chi connectivity index (χ3n) is 2.65. The van der Waals surface area contributed by atoms with E-state index in [1.807, 2.05) is 0 Å². The van der Waals surface area contributed by atoms with Crippen molar-refractivity contribution >= 4 is 27.6 Å². The molecular weight excluding hydrogens is 306 g/mol. The van der Waals surface area contributed by atoms with E-state index in [-0.39, 0.29) is 28.6 Å². The van der Waals surface area contributed by atoms with Crippen molar-refractivity contribution in [2.24, 2.45) is 5.41 Å². The van der Waals surface area contributed by atoms with Gasteiger partial charge in [-0.15, -0.1) is 0 Å². The Kier molecular flexibility index (Phi) is 5.15. The average Bonchev–Trinajstić information content (AvgIpc) is 2.36. The molecule has 6 nitrogen and oxygen atoms in total. The lowest BCUT2D eigenvalue weighted by atomic mass is 9.96. The van der Waals surface area contributed by atoms with Crippen LogP contribution in [0.4, 0.5) is 0 Å². The fraction of sp³-hybridized carbons (Fsp3) is 0.417. The van der Waals surface area contributed by atoms with Gasteiger partial charge >= 0.3 is 5.97 Å². The zero-order chi connectivity index (χ0) is 15.6. The second kappa shape index (κ2) is 6.09. The van der Waals surface area contributed by atoms with Gasteiger partial charge in [0.25, 0.3) is 0 Å². The molecule has 0 heterocycles. The highest BCUT2D eigenvalue weighted by molar-refractivity contribution is 7.89. The summed E-state index contributed by atoms with van der Waals surface area (Å²) in [5.41, 5.74) is -0.897. The fourth-order valence-corrected chi connectivity index (χ4v) is 2.73. The van der Waals surface area contributed by atoms with E-state index in [0.29, 0.717) is 0 Å². The number of hydrogen-bond acceptors (Lipinski definition) is 4. The van der Waals surface area contributed by atoms with Crippen molar-refractivity contribution < 1.29 is 23.4 Å².